The topological polar surface area (TPSA) is 114 Å². The number of benzene rings is 1. The first-order valence-corrected chi connectivity index (χ1v) is 7.54. The van der Waals surface area contributed by atoms with Crippen molar-refractivity contribution in [3.05, 3.63) is 63.0 Å². The Morgan fingerprint density at radius 3 is 2.71 bits per heavy atom. The summed E-state index contributed by atoms with van der Waals surface area (Å²) in [5.41, 5.74) is 0.638. The summed E-state index contributed by atoms with van der Waals surface area (Å²) in [5.74, 6) is -0.000567. The summed E-state index contributed by atoms with van der Waals surface area (Å²) in [6, 6.07) is 8.37. The lowest BCUT2D eigenvalue weighted by atomic mass is 10.2. The van der Waals surface area contributed by atoms with E-state index in [-0.39, 0.29) is 22.2 Å². The van der Waals surface area contributed by atoms with Crippen LogP contribution in [-0.2, 0) is 6.54 Å². The van der Waals surface area contributed by atoms with E-state index in [9.17, 15) is 19.3 Å². The highest BCUT2D eigenvalue weighted by molar-refractivity contribution is 7.17. The van der Waals surface area contributed by atoms with Gasteiger partial charge in [0.2, 0.25) is 0 Å². The molecule has 0 radical (unpaired) electrons. The maximum Gasteiger partial charge on any atom is 0.324 e. The van der Waals surface area contributed by atoms with E-state index in [4.69, 9.17) is 0 Å². The molecule has 0 fully saturated rings. The summed E-state index contributed by atoms with van der Waals surface area (Å²) in [6.45, 7) is 0.0821. The third-order valence-corrected chi connectivity index (χ3v) is 4.08. The first-order valence-electron chi connectivity index (χ1n) is 6.72. The molecule has 2 N–H and O–H groups in total. The lowest BCUT2D eigenvalue weighted by Gasteiger charge is -1.99. The molecule has 0 spiro atoms. The van der Waals surface area contributed by atoms with Crippen molar-refractivity contribution in [3.63, 3.8) is 0 Å². The average molecular weight is 347 g/mol. The van der Waals surface area contributed by atoms with Gasteiger partial charge in [0, 0.05) is 11.6 Å². The van der Waals surface area contributed by atoms with Gasteiger partial charge >= 0.3 is 5.00 Å². The van der Waals surface area contributed by atoms with Crippen LogP contribution >= 0.6 is 11.3 Å². The van der Waals surface area contributed by atoms with Crippen LogP contribution in [0.3, 0.4) is 0 Å². The van der Waals surface area contributed by atoms with Crippen LogP contribution < -0.4 is 5.32 Å². The van der Waals surface area contributed by atoms with Gasteiger partial charge in [0.1, 0.15) is 11.6 Å². The first-order chi connectivity index (χ1) is 11.5. The third-order valence-electron chi connectivity index (χ3n) is 3.05. The van der Waals surface area contributed by atoms with E-state index in [0.29, 0.717) is 17.2 Å². The number of carbonyl (C=O) groups is 1. The molecule has 2 heterocycles. The number of H-pyrrole nitrogens is 1. The molecule has 2 aromatic heterocycles. The van der Waals surface area contributed by atoms with Crippen LogP contribution in [0.1, 0.15) is 15.5 Å². The Bertz CT molecular complexity index is 890. The summed E-state index contributed by atoms with van der Waals surface area (Å²) >= 11 is 0.795. The summed E-state index contributed by atoms with van der Waals surface area (Å²) < 4.78 is 12.9. The molecule has 0 aliphatic carbocycles. The number of rotatable bonds is 5. The molecular weight excluding hydrogens is 337 g/mol. The Morgan fingerprint density at radius 1 is 1.29 bits per heavy atom. The number of carbonyl (C=O) groups excluding carboxylic acids is 1. The van der Waals surface area contributed by atoms with E-state index in [2.05, 4.69) is 20.5 Å². The van der Waals surface area contributed by atoms with Crippen molar-refractivity contribution in [2.45, 2.75) is 6.54 Å². The lowest BCUT2D eigenvalue weighted by Crippen LogP contribution is -2.22. The second-order valence-corrected chi connectivity index (χ2v) is 5.75. The molecule has 1 aromatic carbocycles. The monoisotopic (exact) mass is 347 g/mol. The maximum atomic E-state index is 12.9. The molecule has 122 valence electrons. The maximum absolute atomic E-state index is 12.9. The van der Waals surface area contributed by atoms with Crippen molar-refractivity contribution in [2.24, 2.45) is 0 Å². The zero-order chi connectivity index (χ0) is 17.1. The molecule has 10 heteroatoms. The van der Waals surface area contributed by atoms with Crippen molar-refractivity contribution in [3.8, 4) is 11.4 Å². The zero-order valence-electron chi connectivity index (χ0n) is 12.0. The number of halogens is 1. The third kappa shape index (κ3) is 3.43. The van der Waals surface area contributed by atoms with E-state index in [0.717, 1.165) is 11.3 Å². The SMILES string of the molecule is O=C(NCc1nc(-c2ccc(F)cc2)n[nH]1)c1ccc([N+](=O)[O-])s1. The molecule has 0 saturated carbocycles. The van der Waals surface area contributed by atoms with Crippen LogP contribution in [0.5, 0.6) is 0 Å². The number of nitrogens with one attached hydrogen (secondary N) is 2. The van der Waals surface area contributed by atoms with Crippen LogP contribution in [0.25, 0.3) is 11.4 Å². The van der Waals surface area contributed by atoms with Crippen molar-refractivity contribution < 1.29 is 14.1 Å². The predicted molar refractivity (Wildman–Crippen MR) is 83.9 cm³/mol. The fraction of sp³-hybridized carbons (Fsp3) is 0.0714. The number of amides is 1. The molecule has 0 saturated heterocycles. The summed E-state index contributed by atoms with van der Waals surface area (Å²) in [4.78, 5) is 26.4. The second kappa shape index (κ2) is 6.54. The van der Waals surface area contributed by atoms with Gasteiger partial charge < -0.3 is 5.32 Å². The van der Waals surface area contributed by atoms with Gasteiger partial charge in [0.05, 0.1) is 16.3 Å². The molecule has 0 atom stereocenters. The van der Waals surface area contributed by atoms with Gasteiger partial charge in [-0.05, 0) is 30.3 Å². The molecule has 24 heavy (non-hydrogen) atoms. The smallest absolute Gasteiger partial charge is 0.324 e. The normalized spacial score (nSPS) is 10.5. The number of nitro groups is 1. The van der Waals surface area contributed by atoms with Gasteiger partial charge in [-0.2, -0.15) is 5.10 Å². The number of nitrogens with zero attached hydrogens (tertiary/aromatic N) is 3. The Balaban J connectivity index is 1.63. The molecular formula is C14H10FN5O3S. The minimum absolute atomic E-state index is 0.0821. The fourth-order valence-electron chi connectivity index (χ4n) is 1.90. The van der Waals surface area contributed by atoms with Crippen LogP contribution in [-0.4, -0.2) is 26.0 Å². The van der Waals surface area contributed by atoms with E-state index in [1.54, 1.807) is 12.1 Å². The number of aromatic nitrogens is 3. The Labute approximate surface area is 138 Å². The number of thiophene rings is 1. The van der Waals surface area contributed by atoms with Crippen molar-refractivity contribution in [1.29, 1.82) is 0 Å². The van der Waals surface area contributed by atoms with E-state index < -0.39 is 10.8 Å². The van der Waals surface area contributed by atoms with Gasteiger partial charge in [-0.25, -0.2) is 9.37 Å². The van der Waals surface area contributed by atoms with Gasteiger partial charge in [-0.1, -0.05) is 11.3 Å². The average Bonchev–Trinajstić information content (AvgIpc) is 3.23. The first kappa shape index (κ1) is 15.7. The minimum atomic E-state index is -0.549. The van der Waals surface area contributed by atoms with E-state index in [1.165, 1.54) is 24.3 Å². The van der Waals surface area contributed by atoms with Crippen molar-refractivity contribution in [1.82, 2.24) is 20.5 Å². The predicted octanol–water partition coefficient (Wildman–Crippen LogP) is 2.51. The highest BCUT2D eigenvalue weighted by atomic mass is 32.1. The molecule has 0 unspecified atom stereocenters. The summed E-state index contributed by atoms with van der Waals surface area (Å²) in [6.07, 6.45) is 0. The van der Waals surface area contributed by atoms with Gasteiger partial charge in [-0.15, -0.1) is 0 Å². The molecule has 3 rings (SSSR count). The molecule has 0 aliphatic heterocycles. The summed E-state index contributed by atoms with van der Waals surface area (Å²) in [7, 11) is 0. The van der Waals surface area contributed by atoms with Crippen molar-refractivity contribution in [2.75, 3.05) is 0 Å². The van der Waals surface area contributed by atoms with Gasteiger partial charge in [-0.3, -0.25) is 20.0 Å². The molecule has 3 aromatic rings. The Morgan fingerprint density at radius 2 is 2.04 bits per heavy atom. The zero-order valence-corrected chi connectivity index (χ0v) is 12.8. The van der Waals surface area contributed by atoms with Crippen molar-refractivity contribution >= 4 is 22.2 Å². The summed E-state index contributed by atoms with van der Waals surface area (Å²) in [5, 5.41) is 19.8. The highest BCUT2D eigenvalue weighted by Crippen LogP contribution is 2.23. The number of hydrogen-bond acceptors (Lipinski definition) is 6. The van der Waals surface area contributed by atoms with Crippen LogP contribution in [0.4, 0.5) is 9.39 Å². The number of hydrogen-bond donors (Lipinski definition) is 2. The minimum Gasteiger partial charge on any atom is -0.344 e. The Hall–Kier alpha value is -3.14. The quantitative estimate of drug-likeness (QED) is 0.544. The van der Waals surface area contributed by atoms with Gasteiger partial charge in [0.15, 0.2) is 5.82 Å². The molecule has 0 bridgehead atoms. The van der Waals surface area contributed by atoms with Crippen LogP contribution in [0.15, 0.2) is 36.4 Å². The molecule has 0 aliphatic rings. The highest BCUT2D eigenvalue weighted by Gasteiger charge is 2.15. The van der Waals surface area contributed by atoms with E-state index >= 15 is 0 Å². The lowest BCUT2D eigenvalue weighted by molar-refractivity contribution is -0.380. The largest absolute Gasteiger partial charge is 0.344 e. The number of aromatic amines is 1. The molecule has 1 amide bonds. The van der Waals surface area contributed by atoms with E-state index in [1.807, 2.05) is 0 Å². The van der Waals surface area contributed by atoms with Gasteiger partial charge in [0.25, 0.3) is 5.91 Å². The fourth-order valence-corrected chi connectivity index (χ4v) is 2.64. The second-order valence-electron chi connectivity index (χ2n) is 4.69. The van der Waals surface area contributed by atoms with Crippen LogP contribution in [0, 0.1) is 15.9 Å². The standard InChI is InChI=1S/C14H10FN5O3S/c15-9-3-1-8(2-4-9)13-17-11(18-19-13)7-16-14(21)10-5-6-12(24-10)20(22)23/h1-6H,7H2,(H,16,21)(H,17,18,19). The Kier molecular flexibility index (Phi) is 4.29. The van der Waals surface area contributed by atoms with Crippen LogP contribution in [0.2, 0.25) is 0 Å². The molecule has 8 nitrogen and oxygen atoms in total.